The largest absolute Gasteiger partial charge is 0.369 e. The first-order valence-electron chi connectivity index (χ1n) is 6.94. The summed E-state index contributed by atoms with van der Waals surface area (Å²) in [6.07, 6.45) is 2.64. The minimum atomic E-state index is 0.519. The highest BCUT2D eigenvalue weighted by Crippen LogP contribution is 2.30. The Balaban J connectivity index is 2.56. The van der Waals surface area contributed by atoms with Crippen LogP contribution in [0.3, 0.4) is 0 Å². The molecular formula is C15H18Br2N4. The summed E-state index contributed by atoms with van der Waals surface area (Å²) in [5, 5.41) is 3.28. The zero-order valence-electron chi connectivity index (χ0n) is 12.3. The smallest absolute Gasteiger partial charge is 0.181 e. The van der Waals surface area contributed by atoms with Crippen LogP contribution in [0.25, 0.3) is 11.5 Å². The quantitative estimate of drug-likeness (QED) is 0.772. The summed E-state index contributed by atoms with van der Waals surface area (Å²) in [5.41, 5.74) is 1.76. The van der Waals surface area contributed by atoms with E-state index in [1.165, 1.54) is 0 Å². The maximum atomic E-state index is 4.70. The average Bonchev–Trinajstić information content (AvgIpc) is 2.43. The predicted molar refractivity (Wildman–Crippen MR) is 93.4 cm³/mol. The van der Waals surface area contributed by atoms with E-state index < -0.39 is 0 Å². The van der Waals surface area contributed by atoms with Crippen molar-refractivity contribution in [2.75, 3.05) is 11.9 Å². The molecule has 0 aliphatic carbocycles. The summed E-state index contributed by atoms with van der Waals surface area (Å²) in [5.74, 6) is 1.97. The maximum absolute atomic E-state index is 4.70. The number of hydrogen-bond donors (Lipinski definition) is 1. The van der Waals surface area contributed by atoms with Gasteiger partial charge in [-0.2, -0.15) is 0 Å². The third kappa shape index (κ3) is 4.01. The fourth-order valence-corrected chi connectivity index (χ4v) is 2.87. The van der Waals surface area contributed by atoms with Gasteiger partial charge >= 0.3 is 0 Å². The monoisotopic (exact) mass is 412 g/mol. The molecule has 21 heavy (non-hydrogen) atoms. The second kappa shape index (κ2) is 7.31. The molecule has 0 spiro atoms. The van der Waals surface area contributed by atoms with E-state index in [0.29, 0.717) is 11.7 Å². The molecule has 1 N–H and O–H groups in total. The Morgan fingerprint density at radius 2 is 2.00 bits per heavy atom. The predicted octanol–water partition coefficient (Wildman–Crippen LogP) is 4.69. The lowest BCUT2D eigenvalue weighted by Gasteiger charge is -2.13. The molecule has 2 heterocycles. The van der Waals surface area contributed by atoms with Gasteiger partial charge in [0.25, 0.3) is 0 Å². The second-order valence-corrected chi connectivity index (χ2v) is 6.77. The van der Waals surface area contributed by atoms with Gasteiger partial charge in [0.05, 0.1) is 10.2 Å². The van der Waals surface area contributed by atoms with Crippen LogP contribution in [0.4, 0.5) is 5.82 Å². The summed E-state index contributed by atoms with van der Waals surface area (Å²) >= 11 is 7.13. The molecule has 2 aromatic rings. The molecule has 0 saturated heterocycles. The van der Waals surface area contributed by atoms with Crippen LogP contribution in [0.5, 0.6) is 0 Å². The molecule has 0 aliphatic rings. The van der Waals surface area contributed by atoms with Crippen LogP contribution in [0.1, 0.15) is 26.5 Å². The molecule has 2 aromatic heterocycles. The van der Waals surface area contributed by atoms with Gasteiger partial charge in [0.15, 0.2) is 5.82 Å². The van der Waals surface area contributed by atoms with Crippen molar-refractivity contribution < 1.29 is 0 Å². The SMILES string of the molecule is CCNc1nc(-c2ncccc2Br)nc(CC(C)C)c1Br. The Hall–Kier alpha value is -1.01. The van der Waals surface area contributed by atoms with E-state index >= 15 is 0 Å². The second-order valence-electron chi connectivity index (χ2n) is 5.12. The first kappa shape index (κ1) is 16.4. The molecule has 0 bridgehead atoms. The van der Waals surface area contributed by atoms with E-state index in [9.17, 15) is 0 Å². The van der Waals surface area contributed by atoms with E-state index in [2.05, 4.69) is 61.0 Å². The molecule has 0 amide bonds. The van der Waals surface area contributed by atoms with E-state index in [1.54, 1.807) is 6.20 Å². The third-order valence-corrected chi connectivity index (χ3v) is 4.31. The summed E-state index contributed by atoms with van der Waals surface area (Å²) in [6, 6.07) is 3.83. The number of rotatable bonds is 5. The molecule has 6 heteroatoms. The number of anilines is 1. The molecule has 4 nitrogen and oxygen atoms in total. The number of pyridine rings is 1. The van der Waals surface area contributed by atoms with Gasteiger partial charge < -0.3 is 5.32 Å². The van der Waals surface area contributed by atoms with Crippen LogP contribution in [0, 0.1) is 5.92 Å². The number of hydrogen-bond acceptors (Lipinski definition) is 4. The lowest BCUT2D eigenvalue weighted by atomic mass is 10.1. The molecular weight excluding hydrogens is 396 g/mol. The molecule has 0 radical (unpaired) electrons. The Labute approximate surface area is 142 Å². The average molecular weight is 414 g/mol. The van der Waals surface area contributed by atoms with Crippen LogP contribution in [0.15, 0.2) is 27.3 Å². The number of halogens is 2. The van der Waals surface area contributed by atoms with Gasteiger partial charge in [-0.15, -0.1) is 0 Å². The molecule has 0 aliphatic heterocycles. The van der Waals surface area contributed by atoms with Gasteiger partial charge in [-0.3, -0.25) is 4.98 Å². The van der Waals surface area contributed by atoms with E-state index in [1.807, 2.05) is 19.1 Å². The lowest BCUT2D eigenvalue weighted by Crippen LogP contribution is -2.08. The fourth-order valence-electron chi connectivity index (χ4n) is 1.96. The first-order chi connectivity index (χ1) is 10.0. The molecule has 0 unspecified atom stereocenters. The van der Waals surface area contributed by atoms with Crippen molar-refractivity contribution >= 4 is 37.7 Å². The van der Waals surface area contributed by atoms with Crippen LogP contribution in [0.2, 0.25) is 0 Å². The Morgan fingerprint density at radius 1 is 1.24 bits per heavy atom. The lowest BCUT2D eigenvalue weighted by molar-refractivity contribution is 0.632. The van der Waals surface area contributed by atoms with E-state index in [-0.39, 0.29) is 0 Å². The molecule has 0 atom stereocenters. The zero-order valence-corrected chi connectivity index (χ0v) is 15.5. The molecule has 0 aromatic carbocycles. The van der Waals surface area contributed by atoms with Crippen molar-refractivity contribution in [2.45, 2.75) is 27.2 Å². The summed E-state index contributed by atoms with van der Waals surface area (Å²) < 4.78 is 1.83. The summed E-state index contributed by atoms with van der Waals surface area (Å²) in [7, 11) is 0. The highest BCUT2D eigenvalue weighted by atomic mass is 79.9. The minimum Gasteiger partial charge on any atom is -0.369 e. The van der Waals surface area contributed by atoms with Crippen molar-refractivity contribution in [3.63, 3.8) is 0 Å². The van der Waals surface area contributed by atoms with Crippen molar-refractivity contribution in [3.05, 3.63) is 33.0 Å². The normalized spacial score (nSPS) is 11.0. The topological polar surface area (TPSA) is 50.7 Å². The Bertz CT molecular complexity index is 629. The zero-order chi connectivity index (χ0) is 15.4. The van der Waals surface area contributed by atoms with Crippen molar-refractivity contribution in [1.82, 2.24) is 15.0 Å². The number of nitrogens with zero attached hydrogens (tertiary/aromatic N) is 3. The van der Waals surface area contributed by atoms with Gasteiger partial charge in [-0.25, -0.2) is 9.97 Å². The highest BCUT2D eigenvalue weighted by molar-refractivity contribution is 9.11. The van der Waals surface area contributed by atoms with Gasteiger partial charge in [0.2, 0.25) is 0 Å². The van der Waals surface area contributed by atoms with E-state index in [0.717, 1.165) is 39.1 Å². The Kier molecular flexibility index (Phi) is 5.70. The molecule has 0 fully saturated rings. The number of nitrogens with one attached hydrogen (secondary N) is 1. The van der Waals surface area contributed by atoms with Crippen molar-refractivity contribution in [3.8, 4) is 11.5 Å². The van der Waals surface area contributed by atoms with E-state index in [4.69, 9.17) is 4.98 Å². The van der Waals surface area contributed by atoms with Crippen LogP contribution >= 0.6 is 31.9 Å². The van der Waals surface area contributed by atoms with Gasteiger partial charge in [-0.1, -0.05) is 13.8 Å². The van der Waals surface area contributed by atoms with Gasteiger partial charge in [-0.05, 0) is 63.3 Å². The molecule has 0 saturated carbocycles. The van der Waals surface area contributed by atoms with Crippen LogP contribution in [-0.2, 0) is 6.42 Å². The molecule has 2 rings (SSSR count). The first-order valence-corrected chi connectivity index (χ1v) is 8.52. The van der Waals surface area contributed by atoms with Gasteiger partial charge in [0, 0.05) is 17.2 Å². The molecule has 112 valence electrons. The Morgan fingerprint density at radius 3 is 2.62 bits per heavy atom. The van der Waals surface area contributed by atoms with Crippen LogP contribution < -0.4 is 5.32 Å². The summed E-state index contributed by atoms with van der Waals surface area (Å²) in [4.78, 5) is 13.7. The van der Waals surface area contributed by atoms with Crippen LogP contribution in [-0.4, -0.2) is 21.5 Å². The fraction of sp³-hybridized carbons (Fsp3) is 0.400. The van der Waals surface area contributed by atoms with Crippen molar-refractivity contribution in [1.29, 1.82) is 0 Å². The highest BCUT2D eigenvalue weighted by Gasteiger charge is 2.16. The maximum Gasteiger partial charge on any atom is 0.181 e. The number of aromatic nitrogens is 3. The summed E-state index contributed by atoms with van der Waals surface area (Å²) in [6.45, 7) is 7.21. The van der Waals surface area contributed by atoms with Gasteiger partial charge in [0.1, 0.15) is 11.5 Å². The van der Waals surface area contributed by atoms with Crippen molar-refractivity contribution in [2.24, 2.45) is 5.92 Å². The standard InChI is InChI=1S/C15H18Br2N4/c1-4-18-14-12(17)11(8-9(2)3)20-15(21-14)13-10(16)6-5-7-19-13/h5-7,9H,4,8H2,1-3H3,(H,18,20,21). The minimum absolute atomic E-state index is 0.519. The third-order valence-electron chi connectivity index (χ3n) is 2.84.